The van der Waals surface area contributed by atoms with Crippen LogP contribution in [0.15, 0.2) is 0 Å². The molecule has 0 saturated heterocycles. The molecule has 1 amide bonds. The highest BCUT2D eigenvalue weighted by Gasteiger charge is 2.00. The van der Waals surface area contributed by atoms with Gasteiger partial charge < -0.3 is 10.6 Å². The lowest BCUT2D eigenvalue weighted by Crippen LogP contribution is -2.25. The summed E-state index contributed by atoms with van der Waals surface area (Å²) in [5, 5.41) is 13.2. The highest BCUT2D eigenvalue weighted by molar-refractivity contribution is 5.85. The van der Waals surface area contributed by atoms with Crippen molar-refractivity contribution in [1.82, 2.24) is 10.6 Å². The van der Waals surface area contributed by atoms with Gasteiger partial charge in [-0.3, -0.25) is 10.2 Å². The zero-order chi connectivity index (χ0) is 19.3. The number of amides is 1. The third-order valence-electron chi connectivity index (χ3n) is 4.82. The first kappa shape index (κ1) is 28.4. The molecular formula is C22H46ClN3O. The van der Waals surface area contributed by atoms with Crippen molar-refractivity contribution < 1.29 is 4.79 Å². The number of amidine groups is 1. The molecule has 0 fully saturated rings. The Bertz CT molecular complexity index is 338. The van der Waals surface area contributed by atoms with Gasteiger partial charge in [-0.25, -0.2) is 0 Å². The summed E-state index contributed by atoms with van der Waals surface area (Å²) in [5.41, 5.74) is 0. The quantitative estimate of drug-likeness (QED) is 0.133. The van der Waals surface area contributed by atoms with Crippen LogP contribution < -0.4 is 10.6 Å². The van der Waals surface area contributed by atoms with Gasteiger partial charge in [-0.1, -0.05) is 84.0 Å². The Kier molecular flexibility index (Phi) is 24.5. The molecule has 0 radical (unpaired) electrons. The molecule has 0 unspecified atom stereocenters. The van der Waals surface area contributed by atoms with Crippen molar-refractivity contribution in [3.63, 3.8) is 0 Å². The summed E-state index contributed by atoms with van der Waals surface area (Å²) in [7, 11) is 0. The van der Waals surface area contributed by atoms with Gasteiger partial charge in [-0.2, -0.15) is 0 Å². The molecule has 0 aromatic heterocycles. The second-order valence-electron chi connectivity index (χ2n) is 7.60. The molecule has 0 aliphatic rings. The van der Waals surface area contributed by atoms with Crippen LogP contribution in [0.2, 0.25) is 0 Å². The molecule has 0 aliphatic carbocycles. The Morgan fingerprint density at radius 2 is 1.07 bits per heavy atom. The molecule has 4 nitrogen and oxygen atoms in total. The van der Waals surface area contributed by atoms with E-state index < -0.39 is 0 Å². The van der Waals surface area contributed by atoms with E-state index >= 15 is 0 Å². The number of unbranched alkanes of at least 4 members (excludes halogenated alkanes) is 13. The van der Waals surface area contributed by atoms with E-state index in [-0.39, 0.29) is 18.3 Å². The summed E-state index contributed by atoms with van der Waals surface area (Å²) in [5.74, 6) is 0.709. The number of nitrogens with one attached hydrogen (secondary N) is 3. The zero-order valence-electron chi connectivity index (χ0n) is 18.0. The molecule has 162 valence electrons. The molecule has 0 aliphatic heterocycles. The number of hydrogen-bond donors (Lipinski definition) is 3. The van der Waals surface area contributed by atoms with Gasteiger partial charge >= 0.3 is 0 Å². The van der Waals surface area contributed by atoms with Gasteiger partial charge in [0.2, 0.25) is 5.91 Å². The maximum Gasteiger partial charge on any atom is 0.219 e. The molecule has 0 spiro atoms. The van der Waals surface area contributed by atoms with Crippen molar-refractivity contribution in [1.29, 1.82) is 5.41 Å². The molecule has 27 heavy (non-hydrogen) atoms. The third kappa shape index (κ3) is 25.2. The van der Waals surface area contributed by atoms with Gasteiger partial charge in [-0.05, 0) is 26.2 Å². The van der Waals surface area contributed by atoms with E-state index in [2.05, 4.69) is 17.6 Å². The second kappa shape index (κ2) is 23.3. The van der Waals surface area contributed by atoms with E-state index in [0.29, 0.717) is 12.3 Å². The average Bonchev–Trinajstić information content (AvgIpc) is 2.61. The SMILES string of the molecule is CCCCCCCCCCCCCCCC(=O)NCCCCNC(C)=N.Cl. The minimum Gasteiger partial charge on any atom is -0.374 e. The summed E-state index contributed by atoms with van der Waals surface area (Å²) < 4.78 is 0. The average molecular weight is 404 g/mol. The first-order chi connectivity index (χ1) is 12.7. The van der Waals surface area contributed by atoms with Crippen molar-refractivity contribution in [2.45, 2.75) is 117 Å². The lowest BCUT2D eigenvalue weighted by molar-refractivity contribution is -0.121. The molecule has 3 N–H and O–H groups in total. The minimum atomic E-state index is 0. The van der Waals surface area contributed by atoms with Crippen LogP contribution >= 0.6 is 12.4 Å². The maximum absolute atomic E-state index is 11.7. The van der Waals surface area contributed by atoms with E-state index in [1.54, 1.807) is 6.92 Å². The number of rotatable bonds is 19. The van der Waals surface area contributed by atoms with Crippen LogP contribution in [-0.4, -0.2) is 24.8 Å². The van der Waals surface area contributed by atoms with Crippen LogP contribution in [0.25, 0.3) is 0 Å². The van der Waals surface area contributed by atoms with Crippen LogP contribution in [0.1, 0.15) is 117 Å². The molecule has 0 heterocycles. The predicted molar refractivity (Wildman–Crippen MR) is 121 cm³/mol. The standard InChI is InChI=1S/C22H45N3O.ClH/c1-3-4-5-6-7-8-9-10-11-12-13-14-15-18-22(26)25-20-17-16-19-24-21(2)23;/h3-20H2,1-2H3,(H2,23,24)(H,25,26);1H. The van der Waals surface area contributed by atoms with Gasteiger partial charge in [0.15, 0.2) is 0 Å². The van der Waals surface area contributed by atoms with Crippen molar-refractivity contribution in [3.05, 3.63) is 0 Å². The predicted octanol–water partition coefficient (Wildman–Crippen LogP) is 6.37. The molecule has 0 bridgehead atoms. The van der Waals surface area contributed by atoms with E-state index in [1.807, 2.05) is 0 Å². The first-order valence-electron chi connectivity index (χ1n) is 11.2. The molecule has 0 saturated carbocycles. The van der Waals surface area contributed by atoms with Gasteiger partial charge in [0.05, 0.1) is 5.84 Å². The summed E-state index contributed by atoms with van der Waals surface area (Å²) >= 11 is 0. The number of halogens is 1. The molecule has 5 heteroatoms. The van der Waals surface area contributed by atoms with E-state index in [9.17, 15) is 4.79 Å². The van der Waals surface area contributed by atoms with Gasteiger partial charge in [0.25, 0.3) is 0 Å². The lowest BCUT2D eigenvalue weighted by atomic mass is 10.0. The number of hydrogen-bond acceptors (Lipinski definition) is 2. The fourth-order valence-corrected chi connectivity index (χ4v) is 3.15. The minimum absolute atomic E-state index is 0. The van der Waals surface area contributed by atoms with Crippen molar-refractivity contribution >= 4 is 24.1 Å². The van der Waals surface area contributed by atoms with Gasteiger partial charge in [0, 0.05) is 19.5 Å². The first-order valence-corrected chi connectivity index (χ1v) is 11.2. The highest BCUT2D eigenvalue weighted by atomic mass is 35.5. The van der Waals surface area contributed by atoms with E-state index in [0.717, 1.165) is 32.4 Å². The third-order valence-corrected chi connectivity index (χ3v) is 4.82. The lowest BCUT2D eigenvalue weighted by Gasteiger charge is -2.06. The monoisotopic (exact) mass is 403 g/mol. The van der Waals surface area contributed by atoms with Gasteiger partial charge in [0.1, 0.15) is 0 Å². The largest absolute Gasteiger partial charge is 0.374 e. The van der Waals surface area contributed by atoms with Crippen LogP contribution in [0.3, 0.4) is 0 Å². The summed E-state index contributed by atoms with van der Waals surface area (Å²) in [4.78, 5) is 11.7. The molecule has 0 aromatic rings. The molecule has 0 aromatic carbocycles. The number of carbonyl (C=O) groups excluding carboxylic acids is 1. The second-order valence-corrected chi connectivity index (χ2v) is 7.60. The Balaban J connectivity index is 0. The molecular weight excluding hydrogens is 358 g/mol. The fourth-order valence-electron chi connectivity index (χ4n) is 3.15. The smallest absolute Gasteiger partial charge is 0.219 e. The molecule has 0 atom stereocenters. The van der Waals surface area contributed by atoms with E-state index in [1.165, 1.54) is 77.0 Å². The Hall–Kier alpha value is -0.770. The van der Waals surface area contributed by atoms with Crippen molar-refractivity contribution in [2.75, 3.05) is 13.1 Å². The van der Waals surface area contributed by atoms with Crippen LogP contribution in [0.5, 0.6) is 0 Å². The summed E-state index contributed by atoms with van der Waals surface area (Å²) in [6, 6.07) is 0. The zero-order valence-corrected chi connectivity index (χ0v) is 18.9. The summed E-state index contributed by atoms with van der Waals surface area (Å²) in [6.07, 6.45) is 20.1. The van der Waals surface area contributed by atoms with Crippen LogP contribution in [0, 0.1) is 5.41 Å². The maximum atomic E-state index is 11.7. The van der Waals surface area contributed by atoms with Crippen LogP contribution in [-0.2, 0) is 4.79 Å². The van der Waals surface area contributed by atoms with E-state index in [4.69, 9.17) is 5.41 Å². The van der Waals surface area contributed by atoms with Gasteiger partial charge in [-0.15, -0.1) is 12.4 Å². The summed E-state index contributed by atoms with van der Waals surface area (Å²) in [6.45, 7) is 5.60. The van der Waals surface area contributed by atoms with Crippen molar-refractivity contribution in [2.24, 2.45) is 0 Å². The van der Waals surface area contributed by atoms with Crippen LogP contribution in [0.4, 0.5) is 0 Å². The molecule has 0 rings (SSSR count). The highest BCUT2D eigenvalue weighted by Crippen LogP contribution is 2.12. The number of carbonyl (C=O) groups is 1. The Morgan fingerprint density at radius 1 is 0.667 bits per heavy atom. The topological polar surface area (TPSA) is 65.0 Å². The Morgan fingerprint density at radius 3 is 1.52 bits per heavy atom. The van der Waals surface area contributed by atoms with Crippen molar-refractivity contribution in [3.8, 4) is 0 Å². The normalized spacial score (nSPS) is 10.3. The Labute approximate surface area is 175 Å². The fraction of sp³-hybridized carbons (Fsp3) is 0.909.